The molecule has 144 valence electrons. The van der Waals surface area contributed by atoms with Gasteiger partial charge in [-0.25, -0.2) is 4.98 Å². The molecule has 2 N–H and O–H groups in total. The van der Waals surface area contributed by atoms with Crippen molar-refractivity contribution < 1.29 is 9.59 Å². The van der Waals surface area contributed by atoms with E-state index < -0.39 is 0 Å². The molecule has 0 aromatic carbocycles. The zero-order valence-electron chi connectivity index (χ0n) is 16.2. The molecule has 3 saturated carbocycles. The molecule has 0 bridgehead atoms. The van der Waals surface area contributed by atoms with Gasteiger partial charge in [0.2, 0.25) is 11.7 Å². The van der Waals surface area contributed by atoms with Gasteiger partial charge in [-0.2, -0.15) is 0 Å². The maximum Gasteiger partial charge on any atom is 0.243 e. The van der Waals surface area contributed by atoms with Gasteiger partial charge in [0.25, 0.3) is 0 Å². The number of H-pyrrole nitrogens is 1. The summed E-state index contributed by atoms with van der Waals surface area (Å²) in [6.45, 7) is 4.70. The first-order valence-electron chi connectivity index (χ1n) is 10.5. The van der Waals surface area contributed by atoms with Crippen LogP contribution < -0.4 is 5.32 Å². The first-order valence-corrected chi connectivity index (χ1v) is 10.5. The number of carbonyl (C=O) groups is 2. The van der Waals surface area contributed by atoms with E-state index in [9.17, 15) is 9.59 Å². The summed E-state index contributed by atoms with van der Waals surface area (Å²) in [4.78, 5) is 32.2. The summed E-state index contributed by atoms with van der Waals surface area (Å²) in [5, 5.41) is 3.21. The Hall–Kier alpha value is -1.91. The molecule has 4 aliphatic rings. The van der Waals surface area contributed by atoms with Crippen molar-refractivity contribution in [3.8, 4) is 0 Å². The van der Waals surface area contributed by atoms with Gasteiger partial charge in [-0.15, -0.1) is 0 Å². The molecular weight excluding hydrogens is 338 g/mol. The Morgan fingerprint density at radius 1 is 1.15 bits per heavy atom. The van der Waals surface area contributed by atoms with Crippen LogP contribution in [-0.2, 0) is 4.79 Å². The lowest BCUT2D eigenvalue weighted by atomic mass is 9.47. The quantitative estimate of drug-likeness (QED) is 0.786. The second-order valence-corrected chi connectivity index (χ2v) is 9.69. The van der Waals surface area contributed by atoms with Crippen molar-refractivity contribution in [1.29, 1.82) is 0 Å². The Morgan fingerprint density at radius 3 is 2.78 bits per heavy atom. The van der Waals surface area contributed by atoms with Crippen LogP contribution in [0, 0.1) is 34.5 Å². The van der Waals surface area contributed by atoms with Crippen LogP contribution >= 0.6 is 0 Å². The molecule has 1 aromatic heterocycles. The molecule has 3 aliphatic carbocycles. The van der Waals surface area contributed by atoms with Crippen molar-refractivity contribution in [2.45, 2.75) is 58.4 Å². The smallest absolute Gasteiger partial charge is 0.243 e. The number of Topliss-reactive ketones (excluding diaryl/α,β-unsaturated/α-hetero) is 1. The first kappa shape index (κ1) is 17.2. The van der Waals surface area contributed by atoms with Gasteiger partial charge in [-0.3, -0.25) is 9.59 Å². The third-order valence-electron chi connectivity index (χ3n) is 8.73. The van der Waals surface area contributed by atoms with E-state index in [0.717, 1.165) is 32.1 Å². The lowest BCUT2D eigenvalue weighted by molar-refractivity contribution is -0.122. The molecule has 1 unspecified atom stereocenters. The number of ketones is 1. The van der Waals surface area contributed by atoms with E-state index in [4.69, 9.17) is 0 Å². The molecule has 0 spiro atoms. The number of fused-ring (bicyclic) bond motifs is 5. The second kappa shape index (κ2) is 5.79. The van der Waals surface area contributed by atoms with Crippen molar-refractivity contribution in [1.82, 2.24) is 15.3 Å². The van der Waals surface area contributed by atoms with E-state index in [2.05, 4.69) is 35.2 Å². The molecule has 3 fully saturated rings. The summed E-state index contributed by atoms with van der Waals surface area (Å²) in [6, 6.07) is 0.266. The molecule has 5 heteroatoms. The van der Waals surface area contributed by atoms with Gasteiger partial charge in [0.1, 0.15) is 0 Å². The molecule has 0 radical (unpaired) electrons. The third-order valence-corrected chi connectivity index (χ3v) is 8.73. The Bertz CT molecular complexity index is 800. The van der Waals surface area contributed by atoms with Crippen molar-refractivity contribution in [2.75, 3.05) is 0 Å². The summed E-state index contributed by atoms with van der Waals surface area (Å²) in [6.07, 6.45) is 13.9. The highest BCUT2D eigenvalue weighted by atomic mass is 16.1. The summed E-state index contributed by atoms with van der Waals surface area (Å²) in [7, 11) is 0. The Balaban J connectivity index is 1.44. The number of amides is 1. The summed E-state index contributed by atoms with van der Waals surface area (Å²) in [5.41, 5.74) is 0.136. The number of rotatable bonds is 2. The van der Waals surface area contributed by atoms with Crippen LogP contribution in [0.1, 0.15) is 63.0 Å². The van der Waals surface area contributed by atoms with E-state index in [-0.39, 0.29) is 34.5 Å². The van der Waals surface area contributed by atoms with Gasteiger partial charge < -0.3 is 10.3 Å². The van der Waals surface area contributed by atoms with Crippen molar-refractivity contribution in [2.24, 2.45) is 34.5 Å². The number of nitrogens with one attached hydrogen (secondary N) is 2. The Morgan fingerprint density at radius 2 is 2.00 bits per heavy atom. The predicted molar refractivity (Wildman–Crippen MR) is 102 cm³/mol. The van der Waals surface area contributed by atoms with Crippen LogP contribution in [0.5, 0.6) is 0 Å². The van der Waals surface area contributed by atoms with Gasteiger partial charge in [0.05, 0.1) is 0 Å². The van der Waals surface area contributed by atoms with Gasteiger partial charge >= 0.3 is 0 Å². The number of carbonyl (C=O) groups excluding carboxylic acids is 2. The van der Waals surface area contributed by atoms with Gasteiger partial charge in [-0.05, 0) is 67.8 Å². The molecule has 1 amide bonds. The molecule has 27 heavy (non-hydrogen) atoms. The third kappa shape index (κ3) is 2.33. The monoisotopic (exact) mass is 367 g/mol. The maximum atomic E-state index is 13.1. The Kier molecular flexibility index (Phi) is 3.69. The highest BCUT2D eigenvalue weighted by Crippen LogP contribution is 2.65. The van der Waals surface area contributed by atoms with Gasteiger partial charge in [-0.1, -0.05) is 19.9 Å². The first-order chi connectivity index (χ1) is 12.9. The average Bonchev–Trinajstić information content (AvgIpc) is 3.29. The van der Waals surface area contributed by atoms with Gasteiger partial charge in [0.15, 0.2) is 5.82 Å². The molecule has 7 atom stereocenters. The maximum absolute atomic E-state index is 13.1. The van der Waals surface area contributed by atoms with Crippen LogP contribution in [-0.4, -0.2) is 27.7 Å². The number of aromatic amines is 1. The summed E-state index contributed by atoms with van der Waals surface area (Å²) >= 11 is 0. The van der Waals surface area contributed by atoms with Crippen LogP contribution in [0.15, 0.2) is 24.5 Å². The van der Waals surface area contributed by atoms with Crippen molar-refractivity contribution in [3.63, 3.8) is 0 Å². The lowest BCUT2D eigenvalue weighted by Gasteiger charge is -2.58. The van der Waals surface area contributed by atoms with Crippen LogP contribution in [0.3, 0.4) is 0 Å². The molecular formula is C22H29N3O2. The molecule has 2 heterocycles. The topological polar surface area (TPSA) is 74.8 Å². The molecule has 0 saturated heterocycles. The normalized spacial score (nSPS) is 45.6. The zero-order valence-corrected chi connectivity index (χ0v) is 16.2. The number of nitrogens with zero attached hydrogens (tertiary/aromatic N) is 1. The van der Waals surface area contributed by atoms with E-state index in [1.54, 1.807) is 18.5 Å². The van der Waals surface area contributed by atoms with E-state index in [0.29, 0.717) is 23.6 Å². The largest absolute Gasteiger partial charge is 0.349 e. The van der Waals surface area contributed by atoms with Crippen LogP contribution in [0.2, 0.25) is 0 Å². The standard InChI is InChI=1S/C22H29N3O2/c1-21-9-7-15-13(3-6-17-22(15,2)10-8-18(26)25-17)14(21)4-5-16(21)19(27)20-23-11-12-24-20/h8,10-17H,3-7,9H2,1-2H3,(H,23,24)(H,25,26)/t13-,14-,15-,16+,17?,21-,22+/m0/s1. The van der Waals surface area contributed by atoms with Crippen LogP contribution in [0.25, 0.3) is 0 Å². The average molecular weight is 367 g/mol. The number of hydrogen-bond acceptors (Lipinski definition) is 3. The summed E-state index contributed by atoms with van der Waals surface area (Å²) in [5.74, 6) is 2.72. The van der Waals surface area contributed by atoms with E-state index in [1.807, 2.05) is 0 Å². The minimum absolute atomic E-state index is 0.0568. The number of imidazole rings is 1. The minimum Gasteiger partial charge on any atom is -0.349 e. The zero-order chi connectivity index (χ0) is 18.8. The molecule has 5 rings (SSSR count). The molecule has 5 nitrogen and oxygen atoms in total. The fourth-order valence-corrected chi connectivity index (χ4v) is 7.33. The fourth-order valence-electron chi connectivity index (χ4n) is 7.33. The Labute approximate surface area is 160 Å². The SMILES string of the molecule is C[C@]12CC[C@H]3[C@@H](CCC4NC(=O)C=C[C@@]43C)[C@@H]1CC[C@@H]2C(=O)c1ncc[nH]1. The fraction of sp³-hybridized carbons (Fsp3) is 0.682. The second-order valence-electron chi connectivity index (χ2n) is 9.69. The summed E-state index contributed by atoms with van der Waals surface area (Å²) < 4.78 is 0. The molecule has 1 aliphatic heterocycles. The van der Waals surface area contributed by atoms with Crippen molar-refractivity contribution >= 4 is 11.7 Å². The highest BCUT2D eigenvalue weighted by Gasteiger charge is 2.61. The van der Waals surface area contributed by atoms with Crippen molar-refractivity contribution in [3.05, 3.63) is 30.4 Å². The van der Waals surface area contributed by atoms with E-state index in [1.165, 1.54) is 6.42 Å². The lowest BCUT2D eigenvalue weighted by Crippen LogP contribution is -2.59. The van der Waals surface area contributed by atoms with Gasteiger partial charge in [0, 0.05) is 29.8 Å². The number of hydrogen-bond donors (Lipinski definition) is 2. The van der Waals surface area contributed by atoms with Crippen LogP contribution in [0.4, 0.5) is 0 Å². The number of aromatic nitrogens is 2. The predicted octanol–water partition coefficient (Wildman–Crippen LogP) is 3.51. The molecule has 1 aromatic rings. The highest BCUT2D eigenvalue weighted by molar-refractivity contribution is 5.95. The minimum atomic E-state index is 0.0568. The van der Waals surface area contributed by atoms with E-state index >= 15 is 0 Å².